The number of hydrogen-bond acceptors (Lipinski definition) is 3. The van der Waals surface area contributed by atoms with Crippen molar-refractivity contribution in [2.75, 3.05) is 0 Å². The molecule has 0 unspecified atom stereocenters. The molecule has 0 N–H and O–H groups in total. The minimum Gasteiger partial charge on any atom is -0.332 e. The van der Waals surface area contributed by atoms with Gasteiger partial charge in [-0.05, 0) is 23.8 Å². The smallest absolute Gasteiger partial charge is 0.280 e. The van der Waals surface area contributed by atoms with Gasteiger partial charge in [0, 0.05) is 21.9 Å². The first kappa shape index (κ1) is 13.3. The molecular weight excluding hydrogens is 302 g/mol. The summed E-state index contributed by atoms with van der Waals surface area (Å²) in [6.07, 6.45) is 2.54. The first-order chi connectivity index (χ1) is 8.36. The predicted octanol–water partition coefficient (Wildman–Crippen LogP) is 2.65. The second-order valence-corrected chi connectivity index (χ2v) is 6.48. The van der Waals surface area contributed by atoms with Gasteiger partial charge < -0.3 is 4.57 Å². The zero-order valence-electron chi connectivity index (χ0n) is 8.85. The molecule has 4 nitrogen and oxygen atoms in total. The predicted molar refractivity (Wildman–Crippen MR) is 65.8 cm³/mol. The number of nitrogens with zero attached hydrogens (tertiary/aromatic N) is 2. The van der Waals surface area contributed by atoms with Crippen LogP contribution in [0.15, 0.2) is 35.7 Å². The monoisotopic (exact) mass is 308 g/mol. The number of aromatic nitrogens is 2. The van der Waals surface area contributed by atoms with Gasteiger partial charge in [-0.15, -0.1) is 0 Å². The lowest BCUT2D eigenvalue weighted by molar-refractivity contribution is 0.606. The second-order valence-electron chi connectivity index (χ2n) is 3.56. The van der Waals surface area contributed by atoms with E-state index in [0.717, 1.165) is 0 Å². The average molecular weight is 309 g/mol. The molecule has 0 atom stereocenters. The lowest BCUT2D eigenvalue weighted by Crippen LogP contribution is -1.98. The van der Waals surface area contributed by atoms with E-state index in [-0.39, 0.29) is 11.6 Å². The molecule has 1 aromatic carbocycles. The van der Waals surface area contributed by atoms with Crippen molar-refractivity contribution in [3.8, 4) is 0 Å². The Morgan fingerprint density at radius 3 is 2.72 bits per heavy atom. The van der Waals surface area contributed by atoms with Gasteiger partial charge in [-0.1, -0.05) is 11.6 Å². The Morgan fingerprint density at radius 2 is 2.11 bits per heavy atom. The van der Waals surface area contributed by atoms with Crippen LogP contribution >= 0.6 is 22.3 Å². The average Bonchev–Trinajstić information content (AvgIpc) is 2.71. The van der Waals surface area contributed by atoms with Crippen molar-refractivity contribution in [3.05, 3.63) is 47.1 Å². The van der Waals surface area contributed by atoms with Crippen LogP contribution in [0.5, 0.6) is 0 Å². The Bertz CT molecular complexity index is 685. The first-order valence-corrected chi connectivity index (χ1v) is 7.45. The van der Waals surface area contributed by atoms with Crippen molar-refractivity contribution in [3.63, 3.8) is 0 Å². The van der Waals surface area contributed by atoms with E-state index in [4.69, 9.17) is 22.3 Å². The maximum Gasteiger partial charge on any atom is 0.280 e. The summed E-state index contributed by atoms with van der Waals surface area (Å²) in [6, 6.07) is 3.95. The summed E-state index contributed by atoms with van der Waals surface area (Å²) in [5.41, 5.74) is 0.521. The fourth-order valence-corrected chi connectivity index (χ4v) is 2.26. The molecule has 0 spiro atoms. The second kappa shape index (κ2) is 4.87. The highest BCUT2D eigenvalue weighted by Crippen LogP contribution is 2.19. The number of benzene rings is 1. The lowest BCUT2D eigenvalue weighted by atomic mass is 10.2. The Balaban J connectivity index is 2.29. The Labute approximate surface area is 112 Å². The van der Waals surface area contributed by atoms with E-state index in [1.54, 1.807) is 0 Å². The molecule has 0 aliphatic heterocycles. The van der Waals surface area contributed by atoms with Gasteiger partial charge in [0.1, 0.15) is 5.82 Å². The largest absolute Gasteiger partial charge is 0.332 e. The standard InChI is InChI=1S/C10H7Cl2FN2O2S/c11-9-2-1-8(13)3-7(9)4-15-5-10(14-6-15)18(12,16)17/h1-3,5-6H,4H2. The summed E-state index contributed by atoms with van der Waals surface area (Å²) in [5.74, 6) is -0.417. The van der Waals surface area contributed by atoms with Crippen molar-refractivity contribution in [2.24, 2.45) is 0 Å². The van der Waals surface area contributed by atoms with Crippen LogP contribution in [-0.2, 0) is 15.6 Å². The molecule has 1 heterocycles. The van der Waals surface area contributed by atoms with E-state index in [9.17, 15) is 12.8 Å². The number of rotatable bonds is 3. The van der Waals surface area contributed by atoms with Crippen LogP contribution in [0.4, 0.5) is 4.39 Å². The molecule has 0 aliphatic carbocycles. The molecule has 0 aliphatic rings. The van der Waals surface area contributed by atoms with Gasteiger partial charge in [-0.25, -0.2) is 17.8 Å². The summed E-state index contributed by atoms with van der Waals surface area (Å²) in [4.78, 5) is 3.64. The minimum atomic E-state index is -3.86. The van der Waals surface area contributed by atoms with E-state index < -0.39 is 14.9 Å². The van der Waals surface area contributed by atoms with Gasteiger partial charge in [0.2, 0.25) is 0 Å². The molecular formula is C10H7Cl2FN2O2S. The summed E-state index contributed by atoms with van der Waals surface area (Å²) >= 11 is 5.90. The van der Waals surface area contributed by atoms with Crippen molar-refractivity contribution in [1.82, 2.24) is 9.55 Å². The Kier molecular flexibility index (Phi) is 3.61. The lowest BCUT2D eigenvalue weighted by Gasteiger charge is -2.04. The van der Waals surface area contributed by atoms with Crippen LogP contribution in [0.1, 0.15) is 5.56 Å². The van der Waals surface area contributed by atoms with Crippen LogP contribution in [-0.4, -0.2) is 18.0 Å². The quantitative estimate of drug-likeness (QED) is 0.819. The van der Waals surface area contributed by atoms with E-state index in [2.05, 4.69) is 4.98 Å². The summed E-state index contributed by atoms with van der Waals surface area (Å²) in [5, 5.41) is 0.136. The molecule has 0 amide bonds. The first-order valence-electron chi connectivity index (χ1n) is 4.76. The van der Waals surface area contributed by atoms with Gasteiger partial charge >= 0.3 is 0 Å². The Morgan fingerprint density at radius 1 is 1.39 bits per heavy atom. The normalized spacial score (nSPS) is 11.7. The van der Waals surface area contributed by atoms with Crippen molar-refractivity contribution >= 4 is 31.3 Å². The fourth-order valence-electron chi connectivity index (χ4n) is 1.41. The molecule has 1 aromatic heterocycles. The van der Waals surface area contributed by atoms with Crippen LogP contribution in [0.25, 0.3) is 0 Å². The van der Waals surface area contributed by atoms with E-state index >= 15 is 0 Å². The van der Waals surface area contributed by atoms with Crippen molar-refractivity contribution < 1.29 is 12.8 Å². The summed E-state index contributed by atoms with van der Waals surface area (Å²) in [7, 11) is 1.28. The number of halogens is 3. The zero-order chi connectivity index (χ0) is 13.3. The molecule has 0 radical (unpaired) electrons. The zero-order valence-corrected chi connectivity index (χ0v) is 11.2. The highest BCUT2D eigenvalue weighted by Gasteiger charge is 2.14. The highest BCUT2D eigenvalue weighted by molar-refractivity contribution is 8.13. The molecule has 2 aromatic rings. The summed E-state index contributed by atoms with van der Waals surface area (Å²) < 4.78 is 36.5. The van der Waals surface area contributed by atoms with Crippen LogP contribution < -0.4 is 0 Å². The number of imidazole rings is 1. The van der Waals surface area contributed by atoms with E-state index in [1.165, 1.54) is 35.3 Å². The fraction of sp³-hybridized carbons (Fsp3) is 0.100. The van der Waals surface area contributed by atoms with E-state index in [0.29, 0.717) is 10.6 Å². The minimum absolute atomic E-state index is 0.204. The van der Waals surface area contributed by atoms with Crippen molar-refractivity contribution in [1.29, 1.82) is 0 Å². The molecule has 8 heteroatoms. The maximum atomic E-state index is 13.0. The molecule has 0 fully saturated rings. The third-order valence-electron chi connectivity index (χ3n) is 2.22. The molecule has 18 heavy (non-hydrogen) atoms. The van der Waals surface area contributed by atoms with Gasteiger partial charge in [0.05, 0.1) is 12.9 Å². The third kappa shape index (κ3) is 3.01. The number of hydrogen-bond donors (Lipinski definition) is 0. The Hall–Kier alpha value is -1.11. The van der Waals surface area contributed by atoms with Gasteiger partial charge in [-0.2, -0.15) is 0 Å². The van der Waals surface area contributed by atoms with E-state index in [1.807, 2.05) is 0 Å². The van der Waals surface area contributed by atoms with Crippen LogP contribution in [0.3, 0.4) is 0 Å². The topological polar surface area (TPSA) is 52.0 Å². The molecule has 0 saturated heterocycles. The molecule has 2 rings (SSSR count). The van der Waals surface area contributed by atoms with Crippen LogP contribution in [0.2, 0.25) is 5.02 Å². The SMILES string of the molecule is O=S(=O)(Cl)c1cn(Cc2cc(F)ccc2Cl)cn1. The van der Waals surface area contributed by atoms with Crippen LogP contribution in [0, 0.1) is 5.82 Å². The molecule has 96 valence electrons. The van der Waals surface area contributed by atoms with Crippen molar-refractivity contribution in [2.45, 2.75) is 11.6 Å². The van der Waals surface area contributed by atoms with Gasteiger partial charge in [-0.3, -0.25) is 0 Å². The molecule has 0 saturated carbocycles. The third-order valence-corrected chi connectivity index (χ3v) is 3.77. The molecule has 0 bridgehead atoms. The summed E-state index contributed by atoms with van der Waals surface area (Å²) in [6.45, 7) is 0.204. The van der Waals surface area contributed by atoms with Gasteiger partial charge in [0.15, 0.2) is 5.03 Å². The maximum absolute atomic E-state index is 13.0. The van der Waals surface area contributed by atoms with Gasteiger partial charge in [0.25, 0.3) is 9.05 Å². The highest BCUT2D eigenvalue weighted by atomic mass is 35.7.